The Morgan fingerprint density at radius 1 is 1.15 bits per heavy atom. The van der Waals surface area contributed by atoms with E-state index in [1.165, 1.54) is 30.0 Å². The van der Waals surface area contributed by atoms with Crippen LogP contribution in [0.3, 0.4) is 0 Å². The number of hydrogen-bond donors (Lipinski definition) is 1. The van der Waals surface area contributed by atoms with Crippen molar-refractivity contribution in [3.63, 3.8) is 0 Å². The van der Waals surface area contributed by atoms with Gasteiger partial charge in [0.15, 0.2) is 11.6 Å². The van der Waals surface area contributed by atoms with Crippen molar-refractivity contribution in [3.8, 4) is 22.9 Å². The summed E-state index contributed by atoms with van der Waals surface area (Å²) in [5.74, 6) is -0.130. The number of phenols is 1. The second-order valence-corrected chi connectivity index (χ2v) is 5.95. The minimum atomic E-state index is -0.546. The van der Waals surface area contributed by atoms with Crippen LogP contribution < -0.4 is 9.47 Å². The molecule has 0 spiro atoms. The van der Waals surface area contributed by atoms with Gasteiger partial charge in [0, 0.05) is 18.2 Å². The molecule has 0 bridgehead atoms. The van der Waals surface area contributed by atoms with Crippen LogP contribution in [0, 0.1) is 5.82 Å². The Kier molecular flexibility index (Phi) is 4.06. The Morgan fingerprint density at radius 2 is 1.96 bits per heavy atom. The number of methoxy groups -OCH3 is 1. The zero-order chi connectivity index (χ0) is 19.7. The molecule has 0 radical (unpaired) electrons. The lowest BCUT2D eigenvalue weighted by atomic mass is 10.2. The molecular weight excluding hydrogens is 347 g/mol. The number of fused-ring (bicyclic) bond motifs is 1. The van der Waals surface area contributed by atoms with Crippen LogP contribution in [0.4, 0.5) is 4.39 Å². The van der Waals surface area contributed by atoms with E-state index in [0.717, 1.165) is 5.56 Å². The minimum absolute atomic E-state index is 0.111. The summed E-state index contributed by atoms with van der Waals surface area (Å²) >= 11 is 0. The highest BCUT2D eigenvalue weighted by Crippen LogP contribution is 2.32. The van der Waals surface area contributed by atoms with Gasteiger partial charge in [0.25, 0.3) is 0 Å². The molecule has 3 aromatic carbocycles. The van der Waals surface area contributed by atoms with Gasteiger partial charge >= 0.3 is 0 Å². The number of rotatable bonds is 5. The van der Waals surface area contributed by atoms with E-state index in [1.807, 2.05) is 30.3 Å². The van der Waals surface area contributed by atoms with Crippen molar-refractivity contribution in [2.45, 2.75) is 6.61 Å². The maximum atomic E-state index is 14.6. The Hall–Kier alpha value is -3.54. The molecule has 0 aliphatic rings. The van der Waals surface area contributed by atoms with E-state index in [-0.39, 0.29) is 29.7 Å². The third kappa shape index (κ3) is 3.29. The summed E-state index contributed by atoms with van der Waals surface area (Å²) in [6.45, 7) is 0.254. The van der Waals surface area contributed by atoms with Crippen molar-refractivity contribution >= 4 is 10.9 Å². The molecule has 0 fully saturated rings. The average Bonchev–Trinajstić information content (AvgIpc) is 3.04. The number of aromatic nitrogens is 2. The number of ether oxygens (including phenoxy) is 2. The third-order valence-electron chi connectivity index (χ3n) is 4.19. The summed E-state index contributed by atoms with van der Waals surface area (Å²) in [4.78, 5) is 0. The van der Waals surface area contributed by atoms with Crippen molar-refractivity contribution in [2.75, 3.05) is 7.11 Å². The van der Waals surface area contributed by atoms with Crippen LogP contribution in [-0.4, -0.2) is 22.0 Å². The minimum Gasteiger partial charge on any atom is -0.507 e. The molecule has 6 heteroatoms. The summed E-state index contributed by atoms with van der Waals surface area (Å²) < 4.78 is 34.7. The topological polar surface area (TPSA) is 56.5 Å². The maximum Gasteiger partial charge on any atom is 0.167 e. The predicted octanol–water partition coefficient (Wildman–Crippen LogP) is 4.46. The van der Waals surface area contributed by atoms with Crippen molar-refractivity contribution in [2.24, 2.45) is 0 Å². The molecule has 4 rings (SSSR count). The predicted molar refractivity (Wildman–Crippen MR) is 100 cm³/mol. The number of benzene rings is 3. The highest BCUT2D eigenvalue weighted by atomic mass is 19.1. The van der Waals surface area contributed by atoms with Crippen LogP contribution in [0.1, 0.15) is 6.93 Å². The van der Waals surface area contributed by atoms with Crippen molar-refractivity contribution in [1.29, 1.82) is 0 Å². The van der Waals surface area contributed by atoms with E-state index in [2.05, 4.69) is 5.10 Å². The molecule has 27 heavy (non-hydrogen) atoms. The van der Waals surface area contributed by atoms with Gasteiger partial charge in [0.1, 0.15) is 18.1 Å². The summed E-state index contributed by atoms with van der Waals surface area (Å²) in [6.07, 6.45) is -0.111. The van der Waals surface area contributed by atoms with Gasteiger partial charge in [-0.3, -0.25) is 0 Å². The Balaban J connectivity index is 1.68. The molecule has 1 aromatic heterocycles. The van der Waals surface area contributed by atoms with Crippen molar-refractivity contribution < 1.29 is 20.3 Å². The van der Waals surface area contributed by atoms with Gasteiger partial charge in [-0.2, -0.15) is 5.10 Å². The second kappa shape index (κ2) is 6.99. The molecule has 0 saturated carbocycles. The summed E-state index contributed by atoms with van der Waals surface area (Å²) in [6, 6.07) is 17.0. The average molecular weight is 365 g/mol. The van der Waals surface area contributed by atoms with Crippen LogP contribution in [0.2, 0.25) is 0 Å². The monoisotopic (exact) mass is 365 g/mol. The fraction of sp³-hybridized carbons (Fsp3) is 0.0952. The smallest absolute Gasteiger partial charge is 0.167 e. The lowest BCUT2D eigenvalue weighted by Gasteiger charge is -2.10. The number of aromatic hydroxyl groups is 1. The molecular formula is C21H17FN2O3. The zero-order valence-corrected chi connectivity index (χ0v) is 14.5. The van der Waals surface area contributed by atoms with E-state index in [1.54, 1.807) is 12.1 Å². The first kappa shape index (κ1) is 15.7. The molecule has 0 atom stereocenters. The normalized spacial score (nSPS) is 11.4. The van der Waals surface area contributed by atoms with Gasteiger partial charge < -0.3 is 14.6 Å². The standard InChI is InChI=1S/C21H17FN2O3/c1-26-16-10-19-17(20(25)11-16)12-23-24(19)15-7-8-21(18(22)9-15)27-13-14-5-3-2-4-6-14/h2-12,25H,13H2,1H3/i12D. The second-order valence-electron chi connectivity index (χ2n) is 5.95. The van der Waals surface area contributed by atoms with Crippen molar-refractivity contribution in [3.05, 3.63) is 78.2 Å². The molecule has 0 aliphatic heterocycles. The fourth-order valence-electron chi connectivity index (χ4n) is 2.81. The molecule has 0 aliphatic carbocycles. The first-order chi connectivity index (χ1) is 13.6. The summed E-state index contributed by atoms with van der Waals surface area (Å²) in [5, 5.41) is 14.5. The molecule has 1 N–H and O–H groups in total. The molecule has 0 amide bonds. The first-order valence-electron chi connectivity index (χ1n) is 8.80. The third-order valence-corrected chi connectivity index (χ3v) is 4.19. The van der Waals surface area contributed by atoms with E-state index < -0.39 is 5.82 Å². The fourth-order valence-corrected chi connectivity index (χ4v) is 2.81. The Labute approximate surface area is 156 Å². The molecule has 5 nitrogen and oxygen atoms in total. The summed E-state index contributed by atoms with van der Waals surface area (Å²) in [5.41, 5.74) is 1.78. The van der Waals surface area contributed by atoms with Gasteiger partial charge in [-0.15, -0.1) is 0 Å². The van der Waals surface area contributed by atoms with Gasteiger partial charge in [-0.25, -0.2) is 9.07 Å². The maximum absolute atomic E-state index is 14.6. The lowest BCUT2D eigenvalue weighted by Crippen LogP contribution is -2.00. The van der Waals surface area contributed by atoms with E-state index in [0.29, 0.717) is 17.0 Å². The molecule has 0 unspecified atom stereocenters. The Bertz CT molecular complexity index is 1150. The van der Waals surface area contributed by atoms with E-state index >= 15 is 0 Å². The molecule has 4 aromatic rings. The largest absolute Gasteiger partial charge is 0.507 e. The number of halogens is 1. The quantitative estimate of drug-likeness (QED) is 0.567. The summed E-state index contributed by atoms with van der Waals surface area (Å²) in [7, 11) is 1.47. The van der Waals surface area contributed by atoms with Crippen LogP contribution in [0.5, 0.6) is 17.2 Å². The SMILES string of the molecule is [2H]c1nn(-c2ccc(OCc3ccccc3)c(F)c2)c2cc(OC)cc(O)c12. The molecule has 136 valence electrons. The van der Waals surface area contributed by atoms with Crippen molar-refractivity contribution in [1.82, 2.24) is 9.78 Å². The number of phenolic OH excluding ortho intramolecular Hbond substituents is 1. The van der Waals surface area contributed by atoms with Gasteiger partial charge in [-0.1, -0.05) is 30.3 Å². The highest BCUT2D eigenvalue weighted by molar-refractivity contribution is 5.87. The van der Waals surface area contributed by atoms with Crippen LogP contribution in [0.25, 0.3) is 16.6 Å². The van der Waals surface area contributed by atoms with Gasteiger partial charge in [-0.05, 0) is 17.7 Å². The highest BCUT2D eigenvalue weighted by Gasteiger charge is 2.13. The number of nitrogens with zero attached hydrogens (tertiary/aromatic N) is 2. The zero-order valence-electron chi connectivity index (χ0n) is 15.5. The number of hydrogen-bond acceptors (Lipinski definition) is 4. The van der Waals surface area contributed by atoms with Gasteiger partial charge in [0.05, 0.1) is 31.2 Å². The van der Waals surface area contributed by atoms with Crippen LogP contribution in [0.15, 0.2) is 66.8 Å². The van der Waals surface area contributed by atoms with Crippen LogP contribution >= 0.6 is 0 Å². The van der Waals surface area contributed by atoms with E-state index in [9.17, 15) is 9.50 Å². The first-order valence-corrected chi connectivity index (χ1v) is 8.30. The van der Waals surface area contributed by atoms with E-state index in [4.69, 9.17) is 10.8 Å². The van der Waals surface area contributed by atoms with Gasteiger partial charge in [0.2, 0.25) is 0 Å². The molecule has 1 heterocycles. The van der Waals surface area contributed by atoms with Crippen LogP contribution in [-0.2, 0) is 6.61 Å². The lowest BCUT2D eigenvalue weighted by molar-refractivity contribution is 0.290. The Morgan fingerprint density at radius 3 is 2.70 bits per heavy atom. The molecule has 0 saturated heterocycles.